The Hall–Kier alpha value is -2.46. The third kappa shape index (κ3) is 9.81. The molecule has 0 aliphatic rings. The third-order valence-electron chi connectivity index (χ3n) is 8.70. The number of unbranched alkanes of at least 4 members (excludes halogenated alkanes) is 13. The summed E-state index contributed by atoms with van der Waals surface area (Å²) in [4.78, 5) is 0. The Bertz CT molecular complexity index is 940. The maximum Gasteiger partial charge on any atom is 0.107 e. The minimum atomic E-state index is -1.29. The molecule has 41 heavy (non-hydrogen) atoms. The second-order valence-electron chi connectivity index (χ2n) is 11.8. The fourth-order valence-electron chi connectivity index (χ4n) is 6.30. The predicted octanol–water partition coefficient (Wildman–Crippen LogP) is 8.98. The number of hydrogen-bond acceptors (Lipinski definition) is 3. The molecule has 0 radical (unpaired) electrons. The zero-order valence-corrected chi connectivity index (χ0v) is 25.3. The first-order valence-electron chi connectivity index (χ1n) is 16.3. The summed E-state index contributed by atoms with van der Waals surface area (Å²) in [7, 11) is 0. The Labute approximate surface area is 249 Å². The maximum absolute atomic E-state index is 12.0. The van der Waals surface area contributed by atoms with Gasteiger partial charge in [0.05, 0.1) is 11.5 Å². The molecule has 3 unspecified atom stereocenters. The molecule has 3 N–H and O–H groups in total. The molecular weight excluding hydrogens is 504 g/mol. The van der Waals surface area contributed by atoms with E-state index in [1.54, 1.807) is 0 Å². The van der Waals surface area contributed by atoms with Gasteiger partial charge in [0, 0.05) is 0 Å². The molecule has 3 nitrogen and oxygen atoms in total. The molecule has 0 spiro atoms. The monoisotopic (exact) mass is 558 g/mol. The van der Waals surface area contributed by atoms with Gasteiger partial charge < -0.3 is 15.3 Å². The van der Waals surface area contributed by atoms with Crippen LogP contribution in [0.15, 0.2) is 91.0 Å². The van der Waals surface area contributed by atoms with Crippen LogP contribution in [0.4, 0.5) is 0 Å². The lowest BCUT2D eigenvalue weighted by Gasteiger charge is -2.43. The summed E-state index contributed by atoms with van der Waals surface area (Å²) < 4.78 is 0. The molecule has 0 aliphatic heterocycles. The van der Waals surface area contributed by atoms with Gasteiger partial charge >= 0.3 is 0 Å². The quantitative estimate of drug-likeness (QED) is 0.0903. The summed E-state index contributed by atoms with van der Waals surface area (Å²) >= 11 is 0. The van der Waals surface area contributed by atoms with Gasteiger partial charge in [-0.2, -0.15) is 0 Å². The molecule has 0 saturated carbocycles. The van der Waals surface area contributed by atoms with Gasteiger partial charge in [-0.15, -0.1) is 0 Å². The van der Waals surface area contributed by atoms with E-state index in [1.807, 2.05) is 91.0 Å². The van der Waals surface area contributed by atoms with Crippen molar-refractivity contribution in [3.63, 3.8) is 0 Å². The van der Waals surface area contributed by atoms with Crippen LogP contribution in [-0.2, 0) is 5.41 Å². The van der Waals surface area contributed by atoms with Crippen LogP contribution in [0.25, 0.3) is 0 Å². The Morgan fingerprint density at radius 1 is 0.463 bits per heavy atom. The minimum absolute atomic E-state index is 0.477. The van der Waals surface area contributed by atoms with Crippen molar-refractivity contribution >= 4 is 0 Å². The van der Waals surface area contributed by atoms with E-state index >= 15 is 0 Å². The van der Waals surface area contributed by atoms with Gasteiger partial charge in [-0.1, -0.05) is 188 Å². The van der Waals surface area contributed by atoms with Crippen LogP contribution in [0, 0.1) is 0 Å². The van der Waals surface area contributed by atoms with Gasteiger partial charge in [-0.25, -0.2) is 0 Å². The smallest absolute Gasteiger partial charge is 0.107 e. The highest BCUT2D eigenvalue weighted by Gasteiger charge is 2.47. The van der Waals surface area contributed by atoms with Gasteiger partial charge in [0.25, 0.3) is 0 Å². The van der Waals surface area contributed by atoms with Gasteiger partial charge in [-0.05, 0) is 23.1 Å². The normalized spacial score (nSPS) is 14.0. The average Bonchev–Trinajstić information content (AvgIpc) is 3.02. The molecule has 0 fully saturated rings. The Morgan fingerprint density at radius 2 is 0.780 bits per heavy atom. The number of aliphatic hydroxyl groups is 3. The van der Waals surface area contributed by atoms with Gasteiger partial charge in [0.2, 0.25) is 0 Å². The fraction of sp³-hybridized carbons (Fsp3) is 0.526. The molecule has 3 aromatic rings. The third-order valence-corrected chi connectivity index (χ3v) is 8.70. The molecule has 0 aromatic heterocycles. The van der Waals surface area contributed by atoms with Crippen LogP contribution in [0.2, 0.25) is 0 Å². The molecule has 3 rings (SSSR count). The number of aliphatic hydroxyl groups excluding tert-OH is 3. The Kier molecular flexibility index (Phi) is 15.2. The maximum atomic E-state index is 12.0. The van der Waals surface area contributed by atoms with Crippen molar-refractivity contribution in [1.29, 1.82) is 0 Å². The lowest BCUT2D eigenvalue weighted by Crippen LogP contribution is -2.52. The molecule has 0 saturated heterocycles. The molecule has 0 bridgehead atoms. The van der Waals surface area contributed by atoms with Crippen molar-refractivity contribution < 1.29 is 15.3 Å². The van der Waals surface area contributed by atoms with E-state index < -0.39 is 23.7 Å². The van der Waals surface area contributed by atoms with Crippen LogP contribution in [0.5, 0.6) is 0 Å². The van der Waals surface area contributed by atoms with Gasteiger partial charge in [-0.3, -0.25) is 0 Å². The molecule has 3 aromatic carbocycles. The standard InChI is InChI=1S/C38H54O3/c1-2-3-4-5-6-7-8-9-10-11-12-13-14-24-31-35(39)36(40)37(41)38(32-25-18-15-19-26-32,33-27-20-16-21-28-33)34-29-22-17-23-30-34/h15-23,25-30,35-37,39-41H,2-14,24,31H2,1H3. The van der Waals surface area contributed by atoms with Crippen molar-refractivity contribution in [2.24, 2.45) is 0 Å². The fourth-order valence-corrected chi connectivity index (χ4v) is 6.30. The molecule has 0 amide bonds. The van der Waals surface area contributed by atoms with Crippen LogP contribution in [0.3, 0.4) is 0 Å². The summed E-state index contributed by atoms with van der Waals surface area (Å²) in [5.41, 5.74) is 1.62. The topological polar surface area (TPSA) is 60.7 Å². The zero-order valence-electron chi connectivity index (χ0n) is 25.3. The van der Waals surface area contributed by atoms with E-state index in [0.717, 1.165) is 36.0 Å². The van der Waals surface area contributed by atoms with E-state index in [-0.39, 0.29) is 0 Å². The highest BCUT2D eigenvalue weighted by atomic mass is 16.4. The lowest BCUT2D eigenvalue weighted by atomic mass is 9.64. The first-order valence-corrected chi connectivity index (χ1v) is 16.3. The largest absolute Gasteiger partial charge is 0.390 e. The number of rotatable bonds is 21. The van der Waals surface area contributed by atoms with Crippen molar-refractivity contribution in [3.8, 4) is 0 Å². The predicted molar refractivity (Wildman–Crippen MR) is 172 cm³/mol. The van der Waals surface area contributed by atoms with Crippen molar-refractivity contribution in [1.82, 2.24) is 0 Å². The van der Waals surface area contributed by atoms with Crippen LogP contribution in [0.1, 0.15) is 120 Å². The zero-order chi connectivity index (χ0) is 29.2. The molecular formula is C38H54O3. The highest BCUT2D eigenvalue weighted by Crippen LogP contribution is 2.43. The Morgan fingerprint density at radius 3 is 1.12 bits per heavy atom. The van der Waals surface area contributed by atoms with E-state index in [0.29, 0.717) is 6.42 Å². The van der Waals surface area contributed by atoms with Crippen LogP contribution < -0.4 is 0 Å². The van der Waals surface area contributed by atoms with Gasteiger partial charge in [0.1, 0.15) is 12.2 Å². The lowest BCUT2D eigenvalue weighted by molar-refractivity contribution is -0.0793. The van der Waals surface area contributed by atoms with Crippen molar-refractivity contribution in [2.75, 3.05) is 0 Å². The Balaban J connectivity index is 1.53. The van der Waals surface area contributed by atoms with E-state index in [4.69, 9.17) is 0 Å². The summed E-state index contributed by atoms with van der Waals surface area (Å²) in [6, 6.07) is 29.6. The average molecular weight is 559 g/mol. The summed E-state index contributed by atoms with van der Waals surface area (Å²) in [6.45, 7) is 2.27. The molecule has 3 heteroatoms. The number of hydrogen-bond donors (Lipinski definition) is 3. The van der Waals surface area contributed by atoms with Crippen molar-refractivity contribution in [3.05, 3.63) is 108 Å². The summed E-state index contributed by atoms with van der Waals surface area (Å²) in [5, 5.41) is 34.4. The number of benzene rings is 3. The molecule has 224 valence electrons. The summed E-state index contributed by atoms with van der Waals surface area (Å²) in [6.07, 6.45) is 14.8. The van der Waals surface area contributed by atoms with Crippen LogP contribution in [-0.4, -0.2) is 33.6 Å². The second-order valence-corrected chi connectivity index (χ2v) is 11.8. The summed E-state index contributed by atoms with van der Waals surface area (Å²) in [5.74, 6) is 0. The first-order chi connectivity index (χ1) is 20.1. The highest BCUT2D eigenvalue weighted by molar-refractivity contribution is 5.52. The second kappa shape index (κ2) is 18.9. The van der Waals surface area contributed by atoms with Gasteiger partial charge in [0.15, 0.2) is 0 Å². The molecule has 0 heterocycles. The van der Waals surface area contributed by atoms with Crippen LogP contribution >= 0.6 is 0 Å². The SMILES string of the molecule is CCCCCCCCCCCCCCCCC(O)C(O)C(O)C(c1ccccc1)(c1ccccc1)c1ccccc1. The van der Waals surface area contributed by atoms with E-state index in [2.05, 4.69) is 6.92 Å². The van der Waals surface area contributed by atoms with E-state index in [1.165, 1.54) is 70.6 Å². The first kappa shape index (κ1) is 33.0. The minimum Gasteiger partial charge on any atom is -0.390 e. The molecule has 0 aliphatic carbocycles. The molecule has 3 atom stereocenters. The van der Waals surface area contributed by atoms with Crippen molar-refractivity contribution in [2.45, 2.75) is 127 Å². The van der Waals surface area contributed by atoms with E-state index in [9.17, 15) is 15.3 Å².